The molecule has 1 aromatic rings. The van der Waals surface area contributed by atoms with Gasteiger partial charge >= 0.3 is 0 Å². The molecule has 2 rings (SSSR count). The van der Waals surface area contributed by atoms with Crippen LogP contribution in [0.3, 0.4) is 0 Å². The first-order valence-electron chi connectivity index (χ1n) is 8.82. The fraction of sp³-hybridized carbons (Fsp3) is 0.667. The van der Waals surface area contributed by atoms with E-state index in [9.17, 15) is 4.79 Å². The van der Waals surface area contributed by atoms with Crippen molar-refractivity contribution in [1.82, 2.24) is 15.2 Å². The van der Waals surface area contributed by atoms with Crippen LogP contribution >= 0.6 is 0 Å². The number of nitrogens with zero attached hydrogens (tertiary/aromatic N) is 2. The molecule has 1 fully saturated rings. The van der Waals surface area contributed by atoms with Crippen molar-refractivity contribution >= 4 is 11.6 Å². The summed E-state index contributed by atoms with van der Waals surface area (Å²) in [4.78, 5) is 18.6. The van der Waals surface area contributed by atoms with Crippen LogP contribution in [0.25, 0.3) is 0 Å². The maximum atomic E-state index is 12.3. The van der Waals surface area contributed by atoms with Crippen molar-refractivity contribution in [2.45, 2.75) is 57.5 Å². The van der Waals surface area contributed by atoms with E-state index >= 15 is 0 Å². The fourth-order valence-electron chi connectivity index (χ4n) is 3.14. The summed E-state index contributed by atoms with van der Waals surface area (Å²) in [5.74, 6) is 0.138. The Hall–Kier alpha value is -1.62. The highest BCUT2D eigenvalue weighted by molar-refractivity contribution is 5.81. The number of hydrogen-bond acceptors (Lipinski definition) is 4. The molecule has 0 saturated heterocycles. The van der Waals surface area contributed by atoms with Crippen LogP contribution in [-0.4, -0.2) is 48.0 Å². The lowest BCUT2D eigenvalue weighted by molar-refractivity contribution is -0.126. The molecule has 1 atom stereocenters. The third kappa shape index (κ3) is 5.82. The van der Waals surface area contributed by atoms with Gasteiger partial charge in [-0.2, -0.15) is 0 Å². The van der Waals surface area contributed by atoms with Crippen LogP contribution in [0.1, 0.15) is 45.4 Å². The van der Waals surface area contributed by atoms with Crippen molar-refractivity contribution in [1.29, 1.82) is 0 Å². The number of hydrogen-bond donors (Lipinski definition) is 2. The average molecular weight is 318 g/mol. The number of pyridine rings is 1. The first-order valence-corrected chi connectivity index (χ1v) is 8.82. The van der Waals surface area contributed by atoms with Gasteiger partial charge in [-0.3, -0.25) is 14.7 Å². The molecule has 5 nitrogen and oxygen atoms in total. The summed E-state index contributed by atoms with van der Waals surface area (Å²) in [6.45, 7) is 3.55. The molecule has 0 aromatic carbocycles. The number of amides is 1. The largest absolute Gasteiger partial charge is 0.384 e. The lowest BCUT2D eigenvalue weighted by Gasteiger charge is -2.34. The second-order valence-corrected chi connectivity index (χ2v) is 6.45. The summed E-state index contributed by atoms with van der Waals surface area (Å²) in [5.41, 5.74) is 1.02. The number of aromatic nitrogens is 1. The van der Waals surface area contributed by atoms with Gasteiger partial charge in [-0.15, -0.1) is 0 Å². The van der Waals surface area contributed by atoms with Crippen molar-refractivity contribution in [2.24, 2.45) is 0 Å². The molecule has 0 aliphatic heterocycles. The summed E-state index contributed by atoms with van der Waals surface area (Å²) in [6, 6.07) is 4.42. The maximum Gasteiger partial charge on any atom is 0.237 e. The Morgan fingerprint density at radius 2 is 2.13 bits per heavy atom. The van der Waals surface area contributed by atoms with Gasteiger partial charge in [0.1, 0.15) is 0 Å². The van der Waals surface area contributed by atoms with Gasteiger partial charge in [-0.05, 0) is 45.4 Å². The second kappa shape index (κ2) is 9.50. The quantitative estimate of drug-likeness (QED) is 0.724. The van der Waals surface area contributed by atoms with Gasteiger partial charge in [0.25, 0.3) is 0 Å². The molecule has 1 aromatic heterocycles. The molecular weight excluding hydrogens is 288 g/mol. The number of rotatable bonds is 8. The third-order valence-corrected chi connectivity index (χ3v) is 4.78. The van der Waals surface area contributed by atoms with Crippen molar-refractivity contribution < 1.29 is 4.79 Å². The Labute approximate surface area is 139 Å². The predicted molar refractivity (Wildman–Crippen MR) is 94.5 cm³/mol. The molecule has 1 saturated carbocycles. The van der Waals surface area contributed by atoms with E-state index in [1.807, 2.05) is 19.1 Å². The number of nitrogens with one attached hydrogen (secondary N) is 2. The Morgan fingerprint density at radius 3 is 2.83 bits per heavy atom. The van der Waals surface area contributed by atoms with E-state index in [0.717, 1.165) is 18.7 Å². The van der Waals surface area contributed by atoms with Gasteiger partial charge in [0.15, 0.2) is 0 Å². The smallest absolute Gasteiger partial charge is 0.237 e. The third-order valence-electron chi connectivity index (χ3n) is 4.78. The topological polar surface area (TPSA) is 57.3 Å². The van der Waals surface area contributed by atoms with E-state index in [4.69, 9.17) is 0 Å². The van der Waals surface area contributed by atoms with E-state index < -0.39 is 0 Å². The Kier molecular flexibility index (Phi) is 7.33. The molecule has 1 amide bonds. The second-order valence-electron chi connectivity index (χ2n) is 6.45. The zero-order chi connectivity index (χ0) is 16.5. The standard InChI is InChI=1S/C18H30N4O/c1-15(22(2)17-9-4-3-5-10-17)18(23)21-13-7-12-20-16-8-6-11-19-14-16/h6,8,11,14-15,17,20H,3-5,7,9-10,12-13H2,1-2H3,(H,21,23)/t15-/m0/s1. The number of anilines is 1. The van der Waals surface area contributed by atoms with E-state index in [2.05, 4.69) is 27.6 Å². The number of likely N-dealkylation sites (N-methyl/N-ethyl adjacent to an activating group) is 1. The highest BCUT2D eigenvalue weighted by atomic mass is 16.2. The van der Waals surface area contributed by atoms with Gasteiger partial charge in [-0.1, -0.05) is 19.3 Å². The summed E-state index contributed by atoms with van der Waals surface area (Å²) < 4.78 is 0. The van der Waals surface area contributed by atoms with Gasteiger partial charge in [0, 0.05) is 31.5 Å². The van der Waals surface area contributed by atoms with Crippen LogP contribution in [-0.2, 0) is 4.79 Å². The lowest BCUT2D eigenvalue weighted by Crippen LogP contribution is -2.48. The zero-order valence-electron chi connectivity index (χ0n) is 14.4. The highest BCUT2D eigenvalue weighted by Crippen LogP contribution is 2.22. The first kappa shape index (κ1) is 17.7. The van der Waals surface area contributed by atoms with Crippen molar-refractivity contribution in [3.8, 4) is 0 Å². The Bertz CT molecular complexity index is 459. The van der Waals surface area contributed by atoms with Gasteiger partial charge in [0.2, 0.25) is 5.91 Å². The molecular formula is C18H30N4O. The number of carbonyl (C=O) groups is 1. The molecule has 23 heavy (non-hydrogen) atoms. The Morgan fingerprint density at radius 1 is 1.35 bits per heavy atom. The zero-order valence-corrected chi connectivity index (χ0v) is 14.4. The molecule has 5 heteroatoms. The Balaban J connectivity index is 1.61. The van der Waals surface area contributed by atoms with Gasteiger partial charge in [-0.25, -0.2) is 0 Å². The molecule has 128 valence electrons. The number of carbonyl (C=O) groups excluding carboxylic acids is 1. The normalized spacial score (nSPS) is 17.0. The molecule has 0 unspecified atom stereocenters. The van der Waals surface area contributed by atoms with Crippen molar-refractivity contribution in [3.63, 3.8) is 0 Å². The minimum absolute atomic E-state index is 0.0515. The minimum atomic E-state index is -0.0515. The van der Waals surface area contributed by atoms with Crippen LogP contribution in [0, 0.1) is 0 Å². The molecule has 1 aliphatic rings. The fourth-order valence-corrected chi connectivity index (χ4v) is 3.14. The van der Waals surface area contributed by atoms with Crippen LogP contribution in [0.5, 0.6) is 0 Å². The lowest BCUT2D eigenvalue weighted by atomic mass is 9.93. The van der Waals surface area contributed by atoms with Crippen LogP contribution in [0.15, 0.2) is 24.5 Å². The predicted octanol–water partition coefficient (Wildman–Crippen LogP) is 2.65. The molecule has 1 aliphatic carbocycles. The molecule has 0 radical (unpaired) electrons. The average Bonchev–Trinajstić information content (AvgIpc) is 2.61. The van der Waals surface area contributed by atoms with E-state index in [0.29, 0.717) is 12.6 Å². The molecule has 1 heterocycles. The van der Waals surface area contributed by atoms with Gasteiger partial charge in [0.05, 0.1) is 11.7 Å². The van der Waals surface area contributed by atoms with Crippen molar-refractivity contribution in [3.05, 3.63) is 24.5 Å². The first-order chi connectivity index (χ1) is 11.2. The molecule has 0 bridgehead atoms. The maximum absolute atomic E-state index is 12.3. The van der Waals surface area contributed by atoms with E-state index in [1.165, 1.54) is 32.1 Å². The molecule has 2 N–H and O–H groups in total. The summed E-state index contributed by atoms with van der Waals surface area (Å²) in [6.07, 6.45) is 10.9. The summed E-state index contributed by atoms with van der Waals surface area (Å²) >= 11 is 0. The van der Waals surface area contributed by atoms with Crippen LogP contribution < -0.4 is 10.6 Å². The van der Waals surface area contributed by atoms with Crippen LogP contribution in [0.4, 0.5) is 5.69 Å². The monoisotopic (exact) mass is 318 g/mol. The van der Waals surface area contributed by atoms with E-state index in [1.54, 1.807) is 12.4 Å². The van der Waals surface area contributed by atoms with Gasteiger partial charge < -0.3 is 10.6 Å². The van der Waals surface area contributed by atoms with E-state index in [-0.39, 0.29) is 11.9 Å². The minimum Gasteiger partial charge on any atom is -0.384 e. The summed E-state index contributed by atoms with van der Waals surface area (Å²) in [7, 11) is 2.09. The highest BCUT2D eigenvalue weighted by Gasteiger charge is 2.25. The SMILES string of the molecule is C[C@@H](C(=O)NCCCNc1cccnc1)N(C)C1CCCCC1. The molecule has 0 spiro atoms. The summed E-state index contributed by atoms with van der Waals surface area (Å²) in [5, 5.41) is 6.35. The van der Waals surface area contributed by atoms with Crippen molar-refractivity contribution in [2.75, 3.05) is 25.5 Å². The van der Waals surface area contributed by atoms with Crippen LogP contribution in [0.2, 0.25) is 0 Å².